The maximum Gasteiger partial charge on any atom is 0.418 e. The van der Waals surface area contributed by atoms with Gasteiger partial charge in [-0.05, 0) is 29.8 Å². The highest BCUT2D eigenvalue weighted by atomic mass is 19.4. The molecule has 7 heteroatoms. The maximum atomic E-state index is 13.1. The maximum absolute atomic E-state index is 13.1. The number of imidazole rings is 1. The van der Waals surface area contributed by atoms with Crippen LogP contribution in [0.5, 0.6) is 0 Å². The zero-order chi connectivity index (χ0) is 15.9. The topological polar surface area (TPSA) is 37.8 Å². The Kier molecular flexibility index (Phi) is 3.27. The first-order valence-electron chi connectivity index (χ1n) is 6.39. The quantitative estimate of drug-likeness (QED) is 0.722. The van der Waals surface area contributed by atoms with Crippen LogP contribution in [0.1, 0.15) is 11.1 Å². The molecule has 0 amide bonds. The monoisotopic (exact) mass is 310 g/mol. The van der Waals surface area contributed by atoms with E-state index in [0.717, 1.165) is 10.6 Å². The second kappa shape index (κ2) is 5.01. The minimum absolute atomic E-state index is 0.0772. The fourth-order valence-corrected chi connectivity index (χ4v) is 2.37. The molecule has 0 aliphatic rings. The number of alkyl halides is 3. The van der Waals surface area contributed by atoms with Crippen molar-refractivity contribution in [1.82, 2.24) is 9.55 Å². The van der Waals surface area contributed by atoms with Crippen molar-refractivity contribution in [3.05, 3.63) is 69.9 Å². The number of aromatic amines is 1. The Labute approximate surface area is 121 Å². The van der Waals surface area contributed by atoms with Gasteiger partial charge in [0.2, 0.25) is 0 Å². The fraction of sp³-hybridized carbons (Fsp3) is 0.133. The van der Waals surface area contributed by atoms with Gasteiger partial charge in [0.05, 0.1) is 23.1 Å². The minimum atomic E-state index is -4.57. The summed E-state index contributed by atoms with van der Waals surface area (Å²) in [6.07, 6.45) is -4.57. The lowest BCUT2D eigenvalue weighted by molar-refractivity contribution is -0.136. The van der Waals surface area contributed by atoms with Crippen molar-refractivity contribution in [3.63, 3.8) is 0 Å². The Bertz CT molecular complexity index is 875. The van der Waals surface area contributed by atoms with Gasteiger partial charge in [0.1, 0.15) is 5.82 Å². The molecule has 1 aromatic heterocycles. The highest BCUT2D eigenvalue weighted by molar-refractivity contribution is 5.79. The van der Waals surface area contributed by atoms with Crippen LogP contribution in [0.25, 0.3) is 11.0 Å². The van der Waals surface area contributed by atoms with E-state index < -0.39 is 23.2 Å². The first-order valence-corrected chi connectivity index (χ1v) is 6.39. The number of para-hydroxylation sites is 1. The highest BCUT2D eigenvalue weighted by Crippen LogP contribution is 2.34. The first-order chi connectivity index (χ1) is 10.4. The lowest BCUT2D eigenvalue weighted by Gasteiger charge is -2.11. The van der Waals surface area contributed by atoms with Crippen molar-refractivity contribution in [2.45, 2.75) is 12.7 Å². The minimum Gasteiger partial charge on any atom is -0.306 e. The van der Waals surface area contributed by atoms with Crippen LogP contribution >= 0.6 is 0 Å². The van der Waals surface area contributed by atoms with Crippen molar-refractivity contribution >= 4 is 11.0 Å². The molecule has 0 spiro atoms. The number of fused-ring (bicyclic) bond motifs is 1. The van der Waals surface area contributed by atoms with Gasteiger partial charge in [-0.15, -0.1) is 0 Å². The average Bonchev–Trinajstić information content (AvgIpc) is 2.76. The smallest absolute Gasteiger partial charge is 0.306 e. The zero-order valence-electron chi connectivity index (χ0n) is 11.1. The van der Waals surface area contributed by atoms with E-state index in [1.54, 1.807) is 0 Å². The van der Waals surface area contributed by atoms with E-state index in [2.05, 4.69) is 4.98 Å². The van der Waals surface area contributed by atoms with Gasteiger partial charge in [-0.2, -0.15) is 13.2 Å². The average molecular weight is 310 g/mol. The summed E-state index contributed by atoms with van der Waals surface area (Å²) in [5, 5.41) is 0. The highest BCUT2D eigenvalue weighted by Gasteiger charge is 2.34. The van der Waals surface area contributed by atoms with E-state index in [0.29, 0.717) is 5.56 Å². The first kappa shape index (κ1) is 14.4. The van der Waals surface area contributed by atoms with Gasteiger partial charge in [0, 0.05) is 0 Å². The fourth-order valence-electron chi connectivity index (χ4n) is 2.37. The van der Waals surface area contributed by atoms with Crippen molar-refractivity contribution in [3.8, 4) is 0 Å². The van der Waals surface area contributed by atoms with Crippen LogP contribution in [-0.4, -0.2) is 9.55 Å². The summed E-state index contributed by atoms with van der Waals surface area (Å²) in [7, 11) is 0. The molecule has 0 atom stereocenters. The van der Waals surface area contributed by atoms with Gasteiger partial charge in [-0.1, -0.05) is 18.2 Å². The molecule has 3 rings (SSSR count). The molecule has 1 N–H and O–H groups in total. The molecular weight excluding hydrogens is 300 g/mol. The van der Waals surface area contributed by atoms with Crippen LogP contribution in [0.4, 0.5) is 17.6 Å². The normalized spacial score (nSPS) is 12.0. The third kappa shape index (κ3) is 2.49. The Balaban J connectivity index is 2.18. The standard InChI is InChI=1S/C15H10F4N2O/c16-10-6-4-9(5-7-10)8-21-13-11(15(17,18)19)2-1-3-12(13)20-14(21)22/h1-7H,8H2,(H,20,22). The van der Waals surface area contributed by atoms with Gasteiger partial charge in [-0.3, -0.25) is 4.57 Å². The van der Waals surface area contributed by atoms with E-state index in [1.165, 1.54) is 36.4 Å². The molecule has 0 aliphatic heterocycles. The van der Waals surface area contributed by atoms with Crippen LogP contribution in [0, 0.1) is 5.82 Å². The van der Waals surface area contributed by atoms with Gasteiger partial charge in [0.15, 0.2) is 0 Å². The van der Waals surface area contributed by atoms with Crippen LogP contribution in [0.15, 0.2) is 47.3 Å². The number of hydrogen-bond acceptors (Lipinski definition) is 1. The molecule has 2 aromatic carbocycles. The molecule has 0 bridgehead atoms. The number of aromatic nitrogens is 2. The van der Waals surface area contributed by atoms with Crippen molar-refractivity contribution in [2.24, 2.45) is 0 Å². The third-order valence-corrected chi connectivity index (χ3v) is 3.35. The molecule has 0 unspecified atom stereocenters. The van der Waals surface area contributed by atoms with Crippen molar-refractivity contribution in [1.29, 1.82) is 0 Å². The molecule has 1 heterocycles. The molecule has 0 aliphatic carbocycles. The van der Waals surface area contributed by atoms with E-state index >= 15 is 0 Å². The summed E-state index contributed by atoms with van der Waals surface area (Å²) in [6.45, 7) is -0.0772. The van der Waals surface area contributed by atoms with Gasteiger partial charge >= 0.3 is 11.9 Å². The lowest BCUT2D eigenvalue weighted by atomic mass is 10.1. The Morgan fingerprint density at radius 1 is 1.05 bits per heavy atom. The summed E-state index contributed by atoms with van der Waals surface area (Å²) in [5.74, 6) is -0.453. The predicted octanol–water partition coefficient (Wildman–Crippen LogP) is 3.54. The molecule has 0 fully saturated rings. The van der Waals surface area contributed by atoms with Crippen LogP contribution < -0.4 is 5.69 Å². The summed E-state index contributed by atoms with van der Waals surface area (Å²) < 4.78 is 53.3. The molecule has 0 radical (unpaired) electrons. The van der Waals surface area contributed by atoms with E-state index in [4.69, 9.17) is 0 Å². The zero-order valence-corrected chi connectivity index (χ0v) is 11.1. The van der Waals surface area contributed by atoms with Crippen molar-refractivity contribution in [2.75, 3.05) is 0 Å². The number of halogens is 4. The Morgan fingerprint density at radius 2 is 1.73 bits per heavy atom. The largest absolute Gasteiger partial charge is 0.418 e. The summed E-state index contributed by atoms with van der Waals surface area (Å²) in [5.41, 5.74) is -1.09. The number of H-pyrrole nitrogens is 1. The molecule has 0 saturated carbocycles. The van der Waals surface area contributed by atoms with E-state index in [1.807, 2.05) is 0 Å². The molecule has 22 heavy (non-hydrogen) atoms. The van der Waals surface area contributed by atoms with Crippen LogP contribution in [0.2, 0.25) is 0 Å². The predicted molar refractivity (Wildman–Crippen MR) is 73.1 cm³/mol. The Morgan fingerprint density at radius 3 is 2.36 bits per heavy atom. The lowest BCUT2D eigenvalue weighted by Crippen LogP contribution is -2.19. The van der Waals surface area contributed by atoms with E-state index in [9.17, 15) is 22.4 Å². The van der Waals surface area contributed by atoms with Crippen molar-refractivity contribution < 1.29 is 17.6 Å². The molecular formula is C15H10F4N2O. The van der Waals surface area contributed by atoms with Gasteiger partial charge in [-0.25, -0.2) is 9.18 Å². The summed E-state index contributed by atoms with van der Waals surface area (Å²) >= 11 is 0. The molecule has 3 nitrogen and oxygen atoms in total. The van der Waals surface area contributed by atoms with Crippen LogP contribution in [0.3, 0.4) is 0 Å². The number of nitrogens with zero attached hydrogens (tertiary/aromatic N) is 1. The molecule has 114 valence electrons. The number of benzene rings is 2. The summed E-state index contributed by atoms with van der Waals surface area (Å²) in [6, 6.07) is 8.82. The molecule has 0 saturated heterocycles. The second-order valence-electron chi connectivity index (χ2n) is 4.84. The number of rotatable bonds is 2. The van der Waals surface area contributed by atoms with Crippen LogP contribution in [-0.2, 0) is 12.7 Å². The van der Waals surface area contributed by atoms with Gasteiger partial charge < -0.3 is 4.98 Å². The van der Waals surface area contributed by atoms with Gasteiger partial charge in [0.25, 0.3) is 0 Å². The number of hydrogen-bond donors (Lipinski definition) is 1. The van der Waals surface area contributed by atoms with E-state index in [-0.39, 0.29) is 17.6 Å². The third-order valence-electron chi connectivity index (χ3n) is 3.35. The Hall–Kier alpha value is -2.57. The SMILES string of the molecule is O=c1[nH]c2cccc(C(F)(F)F)c2n1Cc1ccc(F)cc1. The number of nitrogens with one attached hydrogen (secondary N) is 1. The second-order valence-corrected chi connectivity index (χ2v) is 4.84. The molecule has 3 aromatic rings. The summed E-state index contributed by atoms with van der Waals surface area (Å²) in [4.78, 5) is 14.4.